The zero-order chi connectivity index (χ0) is 20.7. The normalized spacial score (nSPS) is 10.8. The van der Waals surface area contributed by atoms with E-state index in [0.717, 1.165) is 23.5 Å². The second-order valence-corrected chi connectivity index (χ2v) is 7.04. The van der Waals surface area contributed by atoms with Gasteiger partial charge >= 0.3 is 0 Å². The van der Waals surface area contributed by atoms with E-state index in [4.69, 9.17) is 4.74 Å². The maximum atomic E-state index is 13.4. The first-order valence-electron chi connectivity index (χ1n) is 9.25. The first kappa shape index (κ1) is 21.4. The summed E-state index contributed by atoms with van der Waals surface area (Å²) in [4.78, 5) is 23.7. The number of aryl methyl sites for hydroxylation is 1. The van der Waals surface area contributed by atoms with E-state index in [1.807, 2.05) is 18.5 Å². The molecular formula is C20H27FN4O3. The number of carbonyl (C=O) groups excluding carboxylic acids is 2. The summed E-state index contributed by atoms with van der Waals surface area (Å²) in [7, 11) is 0. The molecule has 2 rings (SSSR count). The molecule has 0 aliphatic heterocycles. The fourth-order valence-corrected chi connectivity index (χ4v) is 2.80. The third-order valence-corrected chi connectivity index (χ3v) is 4.21. The summed E-state index contributed by atoms with van der Waals surface area (Å²) >= 11 is 0. The number of hydrogen-bond acceptors (Lipinski definition) is 4. The zero-order valence-electron chi connectivity index (χ0n) is 16.7. The molecular weight excluding hydrogens is 363 g/mol. The molecule has 0 radical (unpaired) electrons. The molecule has 28 heavy (non-hydrogen) atoms. The van der Waals surface area contributed by atoms with Crippen LogP contribution in [-0.2, 0) is 22.6 Å². The van der Waals surface area contributed by atoms with Gasteiger partial charge in [-0.15, -0.1) is 0 Å². The molecule has 152 valence electrons. The van der Waals surface area contributed by atoms with Gasteiger partial charge in [-0.1, -0.05) is 26.0 Å². The minimum Gasteiger partial charge on any atom is -0.481 e. The van der Waals surface area contributed by atoms with Crippen molar-refractivity contribution in [1.29, 1.82) is 0 Å². The summed E-state index contributed by atoms with van der Waals surface area (Å²) in [5.74, 6) is -0.990. The van der Waals surface area contributed by atoms with E-state index in [0.29, 0.717) is 12.3 Å². The lowest BCUT2D eigenvalue weighted by Gasteiger charge is -2.10. The highest BCUT2D eigenvalue weighted by molar-refractivity contribution is 5.82. The highest BCUT2D eigenvalue weighted by Crippen LogP contribution is 2.17. The van der Waals surface area contributed by atoms with E-state index in [-0.39, 0.29) is 18.1 Å². The van der Waals surface area contributed by atoms with Gasteiger partial charge < -0.3 is 4.74 Å². The van der Waals surface area contributed by atoms with Gasteiger partial charge in [0.1, 0.15) is 0 Å². The molecule has 0 saturated heterocycles. The van der Waals surface area contributed by atoms with Gasteiger partial charge in [-0.3, -0.25) is 25.1 Å². The van der Waals surface area contributed by atoms with Crippen LogP contribution in [0.1, 0.15) is 37.2 Å². The fraction of sp³-hybridized carbons (Fsp3) is 0.450. The van der Waals surface area contributed by atoms with Crippen LogP contribution in [0.15, 0.2) is 24.3 Å². The van der Waals surface area contributed by atoms with Gasteiger partial charge in [-0.25, -0.2) is 4.39 Å². The number of rotatable bonds is 8. The van der Waals surface area contributed by atoms with Gasteiger partial charge in [-0.05, 0) is 43.9 Å². The summed E-state index contributed by atoms with van der Waals surface area (Å²) < 4.78 is 20.5. The van der Waals surface area contributed by atoms with Crippen LogP contribution in [0, 0.1) is 25.6 Å². The van der Waals surface area contributed by atoms with Crippen molar-refractivity contribution in [3.63, 3.8) is 0 Å². The van der Waals surface area contributed by atoms with Crippen LogP contribution in [0.2, 0.25) is 0 Å². The van der Waals surface area contributed by atoms with Gasteiger partial charge in [0, 0.05) is 18.7 Å². The summed E-state index contributed by atoms with van der Waals surface area (Å²) in [5.41, 5.74) is 7.62. The molecule has 1 aromatic carbocycles. The van der Waals surface area contributed by atoms with Crippen LogP contribution in [0.5, 0.6) is 5.75 Å². The first-order valence-corrected chi connectivity index (χ1v) is 9.25. The summed E-state index contributed by atoms with van der Waals surface area (Å²) in [6.07, 6.45) is 0.743. The van der Waals surface area contributed by atoms with Crippen molar-refractivity contribution in [3.8, 4) is 5.75 Å². The van der Waals surface area contributed by atoms with Crippen LogP contribution in [0.4, 0.5) is 4.39 Å². The van der Waals surface area contributed by atoms with Gasteiger partial charge in [0.25, 0.3) is 5.91 Å². The summed E-state index contributed by atoms with van der Waals surface area (Å²) in [6, 6.07) is 5.79. The average molecular weight is 390 g/mol. The predicted molar refractivity (Wildman–Crippen MR) is 103 cm³/mol. The number of para-hydroxylation sites is 1. The molecule has 2 amide bonds. The molecule has 0 aliphatic rings. The minimum absolute atomic E-state index is 0.0201. The van der Waals surface area contributed by atoms with E-state index in [1.54, 1.807) is 6.07 Å². The molecule has 0 spiro atoms. The highest BCUT2D eigenvalue weighted by atomic mass is 19.1. The van der Waals surface area contributed by atoms with Crippen molar-refractivity contribution in [3.05, 3.63) is 47.0 Å². The maximum absolute atomic E-state index is 13.4. The molecule has 0 bridgehead atoms. The van der Waals surface area contributed by atoms with Crippen molar-refractivity contribution in [1.82, 2.24) is 20.6 Å². The number of amides is 2. The van der Waals surface area contributed by atoms with Gasteiger partial charge in [0.15, 0.2) is 18.2 Å². The van der Waals surface area contributed by atoms with Crippen molar-refractivity contribution < 1.29 is 18.7 Å². The largest absolute Gasteiger partial charge is 0.481 e. The number of halogens is 1. The fourth-order valence-electron chi connectivity index (χ4n) is 2.80. The Morgan fingerprint density at radius 3 is 2.54 bits per heavy atom. The predicted octanol–water partition coefficient (Wildman–Crippen LogP) is 2.45. The molecule has 0 unspecified atom stereocenters. The maximum Gasteiger partial charge on any atom is 0.276 e. The molecule has 1 aromatic heterocycles. The molecule has 7 nitrogen and oxygen atoms in total. The number of benzene rings is 1. The number of hydrazine groups is 1. The number of nitrogens with zero attached hydrogens (tertiary/aromatic N) is 2. The summed E-state index contributed by atoms with van der Waals surface area (Å²) in [6.45, 7) is 8.61. The Labute approximate surface area is 164 Å². The standard InChI is InChI=1S/C20H27FN4O3/c1-13(2)11-25-15(4)16(14(3)24-25)9-10-19(26)22-23-20(27)12-28-18-8-6-5-7-17(18)21/h5-8,13H,9-12H2,1-4H3,(H,22,26)(H,23,27). The van der Waals surface area contributed by atoms with Gasteiger partial charge in [0.2, 0.25) is 5.91 Å². The molecule has 0 aliphatic carbocycles. The van der Waals surface area contributed by atoms with E-state index in [2.05, 4.69) is 29.8 Å². The lowest BCUT2D eigenvalue weighted by molar-refractivity contribution is -0.130. The number of hydrogen-bond donors (Lipinski definition) is 2. The zero-order valence-corrected chi connectivity index (χ0v) is 16.7. The third-order valence-electron chi connectivity index (χ3n) is 4.21. The van der Waals surface area contributed by atoms with Crippen LogP contribution >= 0.6 is 0 Å². The Bertz CT molecular complexity index is 833. The Balaban J connectivity index is 1.76. The Morgan fingerprint density at radius 2 is 1.86 bits per heavy atom. The van der Waals surface area contributed by atoms with Crippen LogP contribution < -0.4 is 15.6 Å². The molecule has 0 fully saturated rings. The second-order valence-electron chi connectivity index (χ2n) is 7.04. The van der Waals surface area contributed by atoms with Crippen LogP contribution in [0.25, 0.3) is 0 Å². The Hall–Kier alpha value is -2.90. The van der Waals surface area contributed by atoms with Gasteiger partial charge in [0.05, 0.1) is 5.69 Å². The van der Waals surface area contributed by atoms with Crippen molar-refractivity contribution in [2.45, 2.75) is 47.1 Å². The molecule has 0 atom stereocenters. The van der Waals surface area contributed by atoms with E-state index >= 15 is 0 Å². The molecule has 8 heteroatoms. The quantitative estimate of drug-likeness (QED) is 0.678. The van der Waals surface area contributed by atoms with Crippen molar-refractivity contribution in [2.75, 3.05) is 6.61 Å². The Kier molecular flexibility index (Phi) is 7.54. The second kappa shape index (κ2) is 9.87. The molecule has 1 heterocycles. The lowest BCUT2D eigenvalue weighted by Crippen LogP contribution is -2.43. The van der Waals surface area contributed by atoms with Gasteiger partial charge in [-0.2, -0.15) is 5.10 Å². The summed E-state index contributed by atoms with van der Waals surface area (Å²) in [5, 5.41) is 4.53. The average Bonchev–Trinajstić information content (AvgIpc) is 2.90. The van der Waals surface area contributed by atoms with E-state index < -0.39 is 18.3 Å². The van der Waals surface area contributed by atoms with E-state index in [9.17, 15) is 14.0 Å². The number of aromatic nitrogens is 2. The highest BCUT2D eigenvalue weighted by Gasteiger charge is 2.14. The Morgan fingerprint density at radius 1 is 1.18 bits per heavy atom. The van der Waals surface area contributed by atoms with Crippen LogP contribution in [-0.4, -0.2) is 28.2 Å². The smallest absolute Gasteiger partial charge is 0.276 e. The first-order chi connectivity index (χ1) is 13.3. The monoisotopic (exact) mass is 390 g/mol. The van der Waals surface area contributed by atoms with Crippen molar-refractivity contribution >= 4 is 11.8 Å². The number of nitrogens with one attached hydrogen (secondary N) is 2. The SMILES string of the molecule is Cc1nn(CC(C)C)c(C)c1CCC(=O)NNC(=O)COc1ccccc1F. The topological polar surface area (TPSA) is 85.3 Å². The number of ether oxygens (including phenoxy) is 1. The molecule has 0 saturated carbocycles. The van der Waals surface area contributed by atoms with Crippen LogP contribution in [0.3, 0.4) is 0 Å². The lowest BCUT2D eigenvalue weighted by atomic mass is 10.1. The third kappa shape index (κ3) is 6.07. The number of carbonyl (C=O) groups is 2. The van der Waals surface area contributed by atoms with E-state index in [1.165, 1.54) is 18.2 Å². The van der Waals surface area contributed by atoms with Crippen molar-refractivity contribution in [2.24, 2.45) is 5.92 Å². The molecule has 2 N–H and O–H groups in total. The minimum atomic E-state index is -0.575. The molecule has 2 aromatic rings.